The van der Waals surface area contributed by atoms with E-state index in [1.54, 1.807) is 11.3 Å². The lowest BCUT2D eigenvalue weighted by Gasteiger charge is -2.33. The molecule has 1 aromatic rings. The predicted octanol–water partition coefficient (Wildman–Crippen LogP) is 2.78. The molecule has 3 heteroatoms. The summed E-state index contributed by atoms with van der Waals surface area (Å²) < 4.78 is 0. The Morgan fingerprint density at radius 3 is 3.06 bits per heavy atom. The Labute approximate surface area is 101 Å². The average molecular weight is 237 g/mol. The van der Waals surface area contributed by atoms with Crippen LogP contribution in [-0.2, 0) is 11.2 Å². The normalized spacial score (nSPS) is 25.6. The van der Waals surface area contributed by atoms with Crippen LogP contribution >= 0.6 is 11.3 Å². The van der Waals surface area contributed by atoms with Gasteiger partial charge in [-0.25, -0.2) is 0 Å². The zero-order chi connectivity index (χ0) is 11.4. The molecule has 1 fully saturated rings. The van der Waals surface area contributed by atoms with Crippen molar-refractivity contribution in [3.05, 3.63) is 22.4 Å². The van der Waals surface area contributed by atoms with Crippen molar-refractivity contribution in [2.24, 2.45) is 0 Å². The number of Topliss-reactive ketones (excluding diaryl/α,β-unsaturated/α-hetero) is 1. The zero-order valence-corrected chi connectivity index (χ0v) is 10.6. The van der Waals surface area contributed by atoms with Crippen LogP contribution in [0.25, 0.3) is 0 Å². The van der Waals surface area contributed by atoms with Crippen LogP contribution in [0.4, 0.5) is 0 Å². The molecule has 1 saturated heterocycles. The van der Waals surface area contributed by atoms with Crippen LogP contribution in [0.5, 0.6) is 0 Å². The second kappa shape index (κ2) is 5.11. The first-order valence-corrected chi connectivity index (χ1v) is 6.94. The number of thiophene rings is 1. The molecule has 1 aromatic heterocycles. The van der Waals surface area contributed by atoms with Gasteiger partial charge in [0.05, 0.1) is 5.54 Å². The van der Waals surface area contributed by atoms with Gasteiger partial charge >= 0.3 is 0 Å². The lowest BCUT2D eigenvalue weighted by Crippen LogP contribution is -2.52. The Bertz CT molecular complexity index is 339. The number of hydrogen-bond acceptors (Lipinski definition) is 3. The Hall–Kier alpha value is -0.670. The molecular weight excluding hydrogens is 218 g/mol. The topological polar surface area (TPSA) is 29.1 Å². The molecule has 1 N–H and O–H groups in total. The number of hydrogen-bond donors (Lipinski definition) is 1. The molecule has 1 atom stereocenters. The largest absolute Gasteiger partial charge is 0.305 e. The fraction of sp³-hybridized carbons (Fsp3) is 0.615. The summed E-state index contributed by atoms with van der Waals surface area (Å²) in [5, 5.41) is 7.58. The smallest absolute Gasteiger partial charge is 0.152 e. The third-order valence-electron chi connectivity index (χ3n) is 3.45. The molecule has 0 aromatic carbocycles. The summed E-state index contributed by atoms with van der Waals surface area (Å²) >= 11 is 1.70. The summed E-state index contributed by atoms with van der Waals surface area (Å²) in [7, 11) is 0. The number of aryl methyl sites for hydroxylation is 1. The molecule has 0 amide bonds. The molecule has 0 bridgehead atoms. The standard InChI is InChI=1S/C13H19NOS/c1-13(7-2-3-8-14-13)12(15)5-4-11-6-9-16-10-11/h6,9-10,14H,2-5,7-8H2,1H3. The van der Waals surface area contributed by atoms with E-state index in [9.17, 15) is 4.79 Å². The molecule has 2 nitrogen and oxygen atoms in total. The number of ketones is 1. The Morgan fingerprint density at radius 2 is 2.44 bits per heavy atom. The van der Waals surface area contributed by atoms with Crippen LogP contribution < -0.4 is 5.32 Å². The summed E-state index contributed by atoms with van der Waals surface area (Å²) in [6.45, 7) is 3.04. The van der Waals surface area contributed by atoms with Gasteiger partial charge in [0, 0.05) is 6.42 Å². The maximum absolute atomic E-state index is 12.2. The van der Waals surface area contributed by atoms with Crippen molar-refractivity contribution in [2.75, 3.05) is 6.54 Å². The van der Waals surface area contributed by atoms with Gasteiger partial charge in [-0.15, -0.1) is 0 Å². The fourth-order valence-electron chi connectivity index (χ4n) is 2.26. The second-order valence-electron chi connectivity index (χ2n) is 4.77. The third kappa shape index (κ3) is 2.71. The van der Waals surface area contributed by atoms with Gasteiger partial charge in [0.25, 0.3) is 0 Å². The van der Waals surface area contributed by atoms with Crippen LogP contribution in [0.2, 0.25) is 0 Å². The molecule has 0 radical (unpaired) electrons. The molecule has 88 valence electrons. The van der Waals surface area contributed by atoms with Crippen LogP contribution in [0.3, 0.4) is 0 Å². The second-order valence-corrected chi connectivity index (χ2v) is 5.55. The van der Waals surface area contributed by atoms with Gasteiger partial charge in [0.2, 0.25) is 0 Å². The number of carbonyl (C=O) groups is 1. The molecule has 16 heavy (non-hydrogen) atoms. The Kier molecular flexibility index (Phi) is 3.77. The monoisotopic (exact) mass is 237 g/mol. The minimum atomic E-state index is -0.256. The van der Waals surface area contributed by atoms with Crippen LogP contribution in [-0.4, -0.2) is 17.9 Å². The minimum Gasteiger partial charge on any atom is -0.305 e. The van der Waals surface area contributed by atoms with E-state index in [2.05, 4.69) is 29.1 Å². The summed E-state index contributed by atoms with van der Waals surface area (Å²) in [6, 6.07) is 2.11. The van der Waals surface area contributed by atoms with E-state index in [0.29, 0.717) is 12.2 Å². The molecule has 0 spiro atoms. The van der Waals surface area contributed by atoms with Crippen molar-refractivity contribution in [1.82, 2.24) is 5.32 Å². The lowest BCUT2D eigenvalue weighted by molar-refractivity contribution is -0.125. The number of carbonyl (C=O) groups excluding carboxylic acids is 1. The molecule has 2 rings (SSSR count). The third-order valence-corrected chi connectivity index (χ3v) is 4.19. The first kappa shape index (κ1) is 11.8. The maximum atomic E-state index is 12.2. The Morgan fingerprint density at radius 1 is 1.56 bits per heavy atom. The number of piperidine rings is 1. The van der Waals surface area contributed by atoms with E-state index in [-0.39, 0.29) is 5.54 Å². The molecule has 1 aliphatic rings. The van der Waals surface area contributed by atoms with Crippen molar-refractivity contribution >= 4 is 17.1 Å². The number of nitrogens with one attached hydrogen (secondary N) is 1. The van der Waals surface area contributed by atoms with E-state index in [0.717, 1.165) is 19.4 Å². The summed E-state index contributed by atoms with van der Waals surface area (Å²) in [5.74, 6) is 0.374. The van der Waals surface area contributed by atoms with Crippen LogP contribution in [0.1, 0.15) is 38.2 Å². The quantitative estimate of drug-likeness (QED) is 0.872. The van der Waals surface area contributed by atoms with Gasteiger partial charge in [-0.05, 0) is 61.5 Å². The van der Waals surface area contributed by atoms with Gasteiger partial charge < -0.3 is 5.32 Å². The van der Waals surface area contributed by atoms with Crippen molar-refractivity contribution in [3.63, 3.8) is 0 Å². The molecule has 1 aliphatic heterocycles. The van der Waals surface area contributed by atoms with Gasteiger partial charge in [0.15, 0.2) is 5.78 Å². The number of rotatable bonds is 4. The summed E-state index contributed by atoms with van der Waals surface area (Å²) in [6.07, 6.45) is 4.93. The van der Waals surface area contributed by atoms with Crippen molar-refractivity contribution < 1.29 is 4.79 Å². The molecule has 1 unspecified atom stereocenters. The summed E-state index contributed by atoms with van der Waals surface area (Å²) in [5.41, 5.74) is 1.03. The van der Waals surface area contributed by atoms with E-state index < -0.39 is 0 Å². The van der Waals surface area contributed by atoms with Crippen molar-refractivity contribution in [3.8, 4) is 0 Å². The van der Waals surface area contributed by atoms with Crippen LogP contribution in [0, 0.1) is 0 Å². The predicted molar refractivity (Wildman–Crippen MR) is 67.9 cm³/mol. The maximum Gasteiger partial charge on any atom is 0.152 e. The Balaban J connectivity index is 1.87. The van der Waals surface area contributed by atoms with Gasteiger partial charge in [-0.1, -0.05) is 0 Å². The highest BCUT2D eigenvalue weighted by Gasteiger charge is 2.33. The lowest BCUT2D eigenvalue weighted by atomic mass is 9.84. The zero-order valence-electron chi connectivity index (χ0n) is 9.79. The first-order chi connectivity index (χ1) is 7.71. The molecular formula is C13H19NOS. The highest BCUT2D eigenvalue weighted by atomic mass is 32.1. The van der Waals surface area contributed by atoms with Crippen molar-refractivity contribution in [2.45, 2.75) is 44.6 Å². The van der Waals surface area contributed by atoms with E-state index >= 15 is 0 Å². The van der Waals surface area contributed by atoms with Gasteiger partial charge in [0.1, 0.15) is 0 Å². The van der Waals surface area contributed by atoms with Gasteiger partial charge in [-0.3, -0.25) is 4.79 Å². The summed E-state index contributed by atoms with van der Waals surface area (Å²) in [4.78, 5) is 12.2. The highest BCUT2D eigenvalue weighted by molar-refractivity contribution is 7.07. The van der Waals surface area contributed by atoms with Gasteiger partial charge in [-0.2, -0.15) is 11.3 Å². The molecule has 2 heterocycles. The molecule has 0 aliphatic carbocycles. The average Bonchev–Trinajstić information content (AvgIpc) is 2.79. The highest BCUT2D eigenvalue weighted by Crippen LogP contribution is 2.22. The fourth-order valence-corrected chi connectivity index (χ4v) is 2.97. The van der Waals surface area contributed by atoms with E-state index in [1.807, 2.05) is 0 Å². The first-order valence-electron chi connectivity index (χ1n) is 6.00. The minimum absolute atomic E-state index is 0.256. The van der Waals surface area contributed by atoms with E-state index in [4.69, 9.17) is 0 Å². The van der Waals surface area contributed by atoms with E-state index in [1.165, 1.54) is 18.4 Å². The SMILES string of the molecule is CC1(C(=O)CCc2ccsc2)CCCCN1. The van der Waals surface area contributed by atoms with Crippen molar-refractivity contribution in [1.29, 1.82) is 0 Å². The van der Waals surface area contributed by atoms with Crippen LogP contribution in [0.15, 0.2) is 16.8 Å². The molecule has 0 saturated carbocycles.